The molecule has 0 saturated carbocycles. The fraction of sp³-hybridized carbons (Fsp3) is 0.250. The molecule has 0 spiro atoms. The standard InChI is InChI=1S/C8H9NO5S/c10-8(14-15(11,12)13)5-9-7-4-2-1-3-6(7)8/h1-4,9-10H,5H2,(H,11,12,13). The molecule has 0 aromatic heterocycles. The molecule has 0 aliphatic carbocycles. The highest BCUT2D eigenvalue weighted by molar-refractivity contribution is 7.80. The summed E-state index contributed by atoms with van der Waals surface area (Å²) in [6.45, 7) is -0.133. The van der Waals surface area contributed by atoms with Crippen LogP contribution in [0.15, 0.2) is 24.3 Å². The molecule has 1 atom stereocenters. The van der Waals surface area contributed by atoms with Gasteiger partial charge in [-0.25, -0.2) is 4.18 Å². The normalized spacial score (nSPS) is 24.7. The largest absolute Gasteiger partial charge is 0.400 e. The van der Waals surface area contributed by atoms with Crippen LogP contribution in [0, 0.1) is 0 Å². The summed E-state index contributed by atoms with van der Waals surface area (Å²) in [5.41, 5.74) is 0.853. The second kappa shape index (κ2) is 3.17. The minimum absolute atomic E-state index is 0.133. The molecule has 0 bridgehead atoms. The number of hydrogen-bond acceptors (Lipinski definition) is 5. The zero-order chi connectivity index (χ0) is 11.1. The molecule has 0 saturated heterocycles. The van der Waals surface area contributed by atoms with Gasteiger partial charge in [-0.2, -0.15) is 8.42 Å². The molecule has 82 valence electrons. The maximum Gasteiger partial charge on any atom is 0.400 e. The molecule has 6 nitrogen and oxygen atoms in total. The van der Waals surface area contributed by atoms with Crippen molar-refractivity contribution in [2.24, 2.45) is 0 Å². The average molecular weight is 231 g/mol. The molecule has 1 unspecified atom stereocenters. The van der Waals surface area contributed by atoms with Crippen molar-refractivity contribution >= 4 is 16.1 Å². The van der Waals surface area contributed by atoms with E-state index < -0.39 is 16.2 Å². The van der Waals surface area contributed by atoms with Crippen molar-refractivity contribution in [2.75, 3.05) is 11.9 Å². The minimum Gasteiger partial charge on any atom is -0.379 e. The van der Waals surface area contributed by atoms with Gasteiger partial charge in [0.25, 0.3) is 0 Å². The third kappa shape index (κ3) is 1.95. The number of anilines is 1. The molecule has 15 heavy (non-hydrogen) atoms. The van der Waals surface area contributed by atoms with Gasteiger partial charge in [-0.05, 0) is 6.07 Å². The number of fused-ring (bicyclic) bond motifs is 1. The summed E-state index contributed by atoms with van der Waals surface area (Å²) in [6, 6.07) is 6.54. The predicted molar refractivity (Wildman–Crippen MR) is 51.5 cm³/mol. The fourth-order valence-electron chi connectivity index (χ4n) is 1.54. The van der Waals surface area contributed by atoms with Crippen LogP contribution >= 0.6 is 0 Å². The monoisotopic (exact) mass is 231 g/mol. The number of hydrogen-bond donors (Lipinski definition) is 3. The van der Waals surface area contributed by atoms with E-state index in [4.69, 9.17) is 4.55 Å². The van der Waals surface area contributed by atoms with Crippen LogP contribution in [0.25, 0.3) is 0 Å². The van der Waals surface area contributed by atoms with Gasteiger partial charge in [0.05, 0.1) is 6.54 Å². The molecule has 0 radical (unpaired) electrons. The maximum atomic E-state index is 10.5. The summed E-state index contributed by atoms with van der Waals surface area (Å²) in [7, 11) is -4.70. The Morgan fingerprint density at radius 3 is 2.73 bits per heavy atom. The van der Waals surface area contributed by atoms with Crippen molar-refractivity contribution in [3.8, 4) is 0 Å². The number of β-amino-alcohol motifs (C(OH)–C–C–N with tert-alkyl or cyclic N) is 1. The quantitative estimate of drug-likeness (QED) is 0.492. The highest BCUT2D eigenvalue weighted by atomic mass is 32.3. The Hall–Kier alpha value is -1.15. The number of nitrogens with one attached hydrogen (secondary N) is 1. The van der Waals surface area contributed by atoms with Crippen molar-refractivity contribution in [3.63, 3.8) is 0 Å². The predicted octanol–water partition coefficient (Wildman–Crippen LogP) is 0.0766. The van der Waals surface area contributed by atoms with Crippen molar-refractivity contribution < 1.29 is 22.3 Å². The van der Waals surface area contributed by atoms with Crippen LogP contribution in [0.5, 0.6) is 0 Å². The lowest BCUT2D eigenvalue weighted by atomic mass is 10.1. The van der Waals surface area contributed by atoms with Gasteiger partial charge in [-0.15, -0.1) is 0 Å². The van der Waals surface area contributed by atoms with E-state index in [2.05, 4.69) is 9.50 Å². The lowest BCUT2D eigenvalue weighted by Crippen LogP contribution is -2.33. The molecule has 1 aromatic carbocycles. The van der Waals surface area contributed by atoms with E-state index in [1.807, 2.05) is 0 Å². The van der Waals surface area contributed by atoms with Gasteiger partial charge in [0.2, 0.25) is 5.79 Å². The summed E-state index contributed by atoms with van der Waals surface area (Å²) in [6.07, 6.45) is 0. The molecule has 1 aliphatic rings. The molecular formula is C8H9NO5S. The first-order valence-electron chi connectivity index (χ1n) is 4.14. The highest BCUT2D eigenvalue weighted by Gasteiger charge is 2.41. The van der Waals surface area contributed by atoms with E-state index in [0.29, 0.717) is 5.69 Å². The van der Waals surface area contributed by atoms with Gasteiger partial charge < -0.3 is 10.4 Å². The first-order chi connectivity index (χ1) is 6.91. The van der Waals surface area contributed by atoms with Gasteiger partial charge in [0.15, 0.2) is 0 Å². The molecule has 3 N–H and O–H groups in total. The summed E-state index contributed by atoms with van der Waals surface area (Å²) < 4.78 is 33.9. The van der Waals surface area contributed by atoms with E-state index in [1.165, 1.54) is 6.07 Å². The topological polar surface area (TPSA) is 95.9 Å². The lowest BCUT2D eigenvalue weighted by Gasteiger charge is -2.19. The van der Waals surface area contributed by atoms with Crippen LogP contribution in [-0.4, -0.2) is 24.6 Å². The van der Waals surface area contributed by atoms with E-state index in [-0.39, 0.29) is 12.1 Å². The molecule has 0 amide bonds. The van der Waals surface area contributed by atoms with Gasteiger partial charge in [0, 0.05) is 11.3 Å². The lowest BCUT2D eigenvalue weighted by molar-refractivity contribution is -0.128. The Kier molecular flexibility index (Phi) is 2.19. The molecule has 1 aliphatic heterocycles. The van der Waals surface area contributed by atoms with E-state index in [0.717, 1.165) is 0 Å². The molecule has 1 heterocycles. The van der Waals surface area contributed by atoms with E-state index in [1.54, 1.807) is 18.2 Å². The number of benzene rings is 1. The van der Waals surface area contributed by atoms with Crippen molar-refractivity contribution in [1.29, 1.82) is 0 Å². The summed E-state index contributed by atoms with van der Waals surface area (Å²) in [5, 5.41) is 12.6. The van der Waals surface area contributed by atoms with Crippen molar-refractivity contribution in [1.82, 2.24) is 0 Å². The summed E-state index contributed by atoms with van der Waals surface area (Å²) in [4.78, 5) is 0. The third-order valence-corrected chi connectivity index (χ3v) is 2.60. The van der Waals surface area contributed by atoms with Crippen molar-refractivity contribution in [2.45, 2.75) is 5.79 Å². The minimum atomic E-state index is -4.70. The van der Waals surface area contributed by atoms with Crippen LogP contribution in [0.2, 0.25) is 0 Å². The zero-order valence-corrected chi connectivity index (χ0v) is 8.36. The number of aliphatic hydroxyl groups is 1. The van der Waals surface area contributed by atoms with Gasteiger partial charge >= 0.3 is 10.4 Å². The third-order valence-electron chi connectivity index (χ3n) is 2.11. The number of rotatable bonds is 2. The first-order valence-corrected chi connectivity index (χ1v) is 5.51. The van der Waals surface area contributed by atoms with Gasteiger partial charge in [0.1, 0.15) is 0 Å². The maximum absolute atomic E-state index is 10.5. The molecule has 2 rings (SSSR count). The summed E-state index contributed by atoms with van der Waals surface area (Å²) >= 11 is 0. The van der Waals surface area contributed by atoms with Crippen LogP contribution in [0.3, 0.4) is 0 Å². The fourth-order valence-corrected chi connectivity index (χ4v) is 2.03. The molecule has 7 heteroatoms. The first kappa shape index (κ1) is 10.4. The Morgan fingerprint density at radius 1 is 1.40 bits per heavy atom. The smallest absolute Gasteiger partial charge is 0.379 e. The van der Waals surface area contributed by atoms with Gasteiger partial charge in [-0.3, -0.25) is 4.55 Å². The van der Waals surface area contributed by atoms with Crippen molar-refractivity contribution in [3.05, 3.63) is 29.8 Å². The molecular weight excluding hydrogens is 222 g/mol. The molecule has 1 aromatic rings. The Balaban J connectivity index is 2.41. The van der Waals surface area contributed by atoms with E-state index in [9.17, 15) is 13.5 Å². The Bertz CT molecular complexity index is 486. The van der Waals surface area contributed by atoms with E-state index >= 15 is 0 Å². The Labute approximate surface area is 86.5 Å². The van der Waals surface area contributed by atoms with Crippen LogP contribution in [-0.2, 0) is 20.4 Å². The second-order valence-electron chi connectivity index (χ2n) is 3.19. The molecule has 0 fully saturated rings. The second-order valence-corrected chi connectivity index (χ2v) is 4.22. The van der Waals surface area contributed by atoms with Crippen LogP contribution in [0.1, 0.15) is 5.56 Å². The van der Waals surface area contributed by atoms with Gasteiger partial charge in [-0.1, -0.05) is 18.2 Å². The SMILES string of the molecule is O=S(=O)(O)OC1(O)CNc2ccccc21. The zero-order valence-electron chi connectivity index (χ0n) is 7.54. The Morgan fingerprint density at radius 2 is 2.07 bits per heavy atom. The summed E-state index contributed by atoms with van der Waals surface area (Å²) in [5.74, 6) is -2.04. The van der Waals surface area contributed by atoms with Crippen LogP contribution in [0.4, 0.5) is 5.69 Å². The van der Waals surface area contributed by atoms with Crippen LogP contribution < -0.4 is 5.32 Å². The number of para-hydroxylation sites is 1. The average Bonchev–Trinajstić information content (AvgIpc) is 2.42. The highest BCUT2D eigenvalue weighted by Crippen LogP contribution is 2.36.